The molecule has 3 aromatic carbocycles. The highest BCUT2D eigenvalue weighted by Gasteiger charge is 2.45. The summed E-state index contributed by atoms with van der Waals surface area (Å²) in [5, 5.41) is 28.9. The lowest BCUT2D eigenvalue weighted by Gasteiger charge is -2.41. The SMILES string of the molecule is CC[C@H](C)[C@@H]([C@@H](CC(=O)N1CCC[C@H]1[C@H](OC)[C@@H](C)C(=O)N[C@@H](Cc1ccccc1)C(=O)NCc1ccc(NC(=O)[C@H](CCCNC(N)=O)NC(=O)[C@@H](NC(=O)CCC(=O)N(CCC#N)C2CCC(C(=O)Oc3c(F)c(F)c(F)c(F)c3F)CC2)C(C)C)cc1)OC)N(C)C(=O)[C@@H](NC(=O)[C@H](C(C)C)N(C)C)C(C)C. The monoisotopic (exact) mass is 1550 g/mol. The lowest BCUT2D eigenvalue weighted by Crippen LogP contribution is -2.59. The quantitative estimate of drug-likeness (QED) is 0.00703. The Labute approximate surface area is 641 Å². The standard InChI is InChI=1S/C78H112F5N13O14/c1-15-46(8)68(94(12)76(105)66(44(4)5)92-75(104)67(45(6)7)93(10)11)56(108-13)41-59(99)96-38-20-25-55(96)69(109-14)47(9)71(100)90-54(40-48-22-17-16-18-23-48)72(101)87-42-49-26-30-51(31-27-49)88-73(102)53(24-19-37-86-78(85)107)89-74(103)65(43(2)3)91-57(97)34-35-58(98)95(39-21-36-84)52-32-28-50(29-33-52)77(106)110-70-63(82)61(80)60(79)62(81)64(70)83/h16-18,22-23,26-27,30-31,43-47,50,52-56,65-69H,15,19-21,24-25,28-29,32-35,37-42H2,1-14H3,(H,87,101)(H,88,102)(H,89,103)(H,90,100)(H,91,97)(H,92,104)(H3,85,86,107)/t46-,47+,50?,52?,53-,54-,55-,56+,65-,66-,67-,68-,69+/m0/s1. The molecule has 2 aliphatic rings. The molecule has 27 nitrogen and oxygen atoms in total. The van der Waals surface area contributed by atoms with Gasteiger partial charge in [0.1, 0.15) is 24.2 Å². The Balaban J connectivity index is 1.21. The molecular weight excluding hydrogens is 1440 g/mol. The van der Waals surface area contributed by atoms with Crippen molar-refractivity contribution < 1.29 is 88.9 Å². The van der Waals surface area contributed by atoms with Gasteiger partial charge >= 0.3 is 12.0 Å². The molecule has 0 spiro atoms. The Morgan fingerprint density at radius 3 is 1.83 bits per heavy atom. The van der Waals surface area contributed by atoms with Gasteiger partial charge in [-0.2, -0.15) is 14.0 Å². The number of hydrogen-bond donors (Lipinski definition) is 8. The van der Waals surface area contributed by atoms with Crippen molar-refractivity contribution in [2.24, 2.45) is 41.2 Å². The third kappa shape index (κ3) is 25.6. The molecule has 1 aliphatic heterocycles. The number of halogens is 5. The first-order valence-corrected chi connectivity index (χ1v) is 37.6. The second-order valence-corrected chi connectivity index (χ2v) is 29.7. The zero-order valence-corrected chi connectivity index (χ0v) is 65.6. The predicted molar refractivity (Wildman–Crippen MR) is 399 cm³/mol. The Kier molecular flexibility index (Phi) is 36.4. The van der Waals surface area contributed by atoms with Gasteiger partial charge in [0.05, 0.1) is 61.1 Å². The average Bonchev–Trinajstić information content (AvgIpc) is 1.64. The van der Waals surface area contributed by atoms with Gasteiger partial charge in [-0.1, -0.05) is 111 Å². The van der Waals surface area contributed by atoms with Crippen molar-refractivity contribution in [2.75, 3.05) is 60.3 Å². The number of esters is 1. The minimum Gasteiger partial charge on any atom is -0.420 e. The van der Waals surface area contributed by atoms with E-state index in [-0.39, 0.29) is 119 Å². The maximum absolute atomic E-state index is 14.7. The van der Waals surface area contributed by atoms with Crippen LogP contribution in [0.15, 0.2) is 54.6 Å². The van der Waals surface area contributed by atoms with Crippen LogP contribution in [0, 0.1) is 75.9 Å². The van der Waals surface area contributed by atoms with E-state index in [1.807, 2.05) is 96.9 Å². The number of ether oxygens (including phenoxy) is 3. The number of urea groups is 1. The summed E-state index contributed by atoms with van der Waals surface area (Å²) < 4.78 is 86.6. The summed E-state index contributed by atoms with van der Waals surface area (Å²) in [6.45, 7) is 16.9. The molecule has 32 heteroatoms. The number of carbonyl (C=O) groups is 11. The van der Waals surface area contributed by atoms with E-state index in [1.165, 1.54) is 19.1 Å². The summed E-state index contributed by atoms with van der Waals surface area (Å²) >= 11 is 0. The number of anilines is 1. The first kappa shape index (κ1) is 91.3. The highest BCUT2D eigenvalue weighted by molar-refractivity contribution is 5.99. The van der Waals surface area contributed by atoms with Crippen LogP contribution in [0.2, 0.25) is 0 Å². The van der Waals surface area contributed by atoms with Crippen molar-refractivity contribution in [3.8, 4) is 11.8 Å². The lowest BCUT2D eigenvalue weighted by atomic mass is 9.85. The van der Waals surface area contributed by atoms with Crippen LogP contribution in [0.5, 0.6) is 5.75 Å². The third-order valence-corrected chi connectivity index (χ3v) is 20.6. The molecule has 11 amide bonds. The van der Waals surface area contributed by atoms with Gasteiger partial charge in [0.15, 0.2) is 0 Å². The first-order valence-electron chi connectivity index (χ1n) is 37.6. The van der Waals surface area contributed by atoms with Gasteiger partial charge in [-0.3, -0.25) is 52.8 Å². The van der Waals surface area contributed by atoms with Crippen molar-refractivity contribution in [2.45, 2.75) is 219 Å². The van der Waals surface area contributed by atoms with Crippen molar-refractivity contribution in [1.29, 1.82) is 5.26 Å². The number of benzene rings is 3. The van der Waals surface area contributed by atoms with Gasteiger partial charge in [0.25, 0.3) is 0 Å². The molecule has 0 unspecified atom stereocenters. The number of hydrogen-bond acceptors (Lipinski definition) is 16. The van der Waals surface area contributed by atoms with Gasteiger partial charge in [-0.15, -0.1) is 0 Å². The van der Waals surface area contributed by atoms with E-state index in [0.717, 1.165) is 5.56 Å². The Morgan fingerprint density at radius 2 is 1.27 bits per heavy atom. The summed E-state index contributed by atoms with van der Waals surface area (Å²) in [5.74, 6) is -22.1. The minimum atomic E-state index is -2.42. The van der Waals surface area contributed by atoms with E-state index < -0.39 is 173 Å². The predicted octanol–water partition coefficient (Wildman–Crippen LogP) is 7.07. The molecule has 1 saturated carbocycles. The van der Waals surface area contributed by atoms with Crippen LogP contribution in [0.1, 0.15) is 157 Å². The Bertz CT molecular complexity index is 3640. The molecule has 11 atom stereocenters. The minimum absolute atomic E-state index is 0.0191. The maximum Gasteiger partial charge on any atom is 0.314 e. The second-order valence-electron chi connectivity index (χ2n) is 29.7. The van der Waals surface area contributed by atoms with E-state index >= 15 is 0 Å². The average molecular weight is 1550 g/mol. The Hall–Kier alpha value is -9.35. The number of nitriles is 1. The van der Waals surface area contributed by atoms with Gasteiger partial charge in [-0.05, 0) is 112 Å². The van der Waals surface area contributed by atoms with Gasteiger partial charge < -0.3 is 71.9 Å². The van der Waals surface area contributed by atoms with Crippen LogP contribution in [-0.4, -0.2) is 200 Å². The zero-order valence-electron chi connectivity index (χ0n) is 65.6. The fourth-order valence-electron chi connectivity index (χ4n) is 14.4. The van der Waals surface area contributed by atoms with Gasteiger partial charge in [0, 0.05) is 78.4 Å². The maximum atomic E-state index is 14.7. The van der Waals surface area contributed by atoms with E-state index in [1.54, 1.807) is 61.9 Å². The molecule has 2 fully saturated rings. The number of amides is 11. The summed E-state index contributed by atoms with van der Waals surface area (Å²) in [7, 11) is 8.30. The molecule has 1 aliphatic carbocycles. The van der Waals surface area contributed by atoms with Crippen LogP contribution in [0.3, 0.4) is 0 Å². The fourth-order valence-corrected chi connectivity index (χ4v) is 14.4. The number of nitrogens with two attached hydrogens (primary N) is 1. The van der Waals surface area contributed by atoms with E-state index in [2.05, 4.69) is 42.0 Å². The van der Waals surface area contributed by atoms with Crippen molar-refractivity contribution in [1.82, 2.24) is 51.5 Å². The van der Waals surface area contributed by atoms with E-state index in [0.29, 0.717) is 31.4 Å². The van der Waals surface area contributed by atoms with Crippen LogP contribution < -0.4 is 47.7 Å². The molecule has 0 radical (unpaired) electrons. The van der Waals surface area contributed by atoms with Crippen molar-refractivity contribution in [3.63, 3.8) is 0 Å². The molecule has 9 N–H and O–H groups in total. The molecule has 1 heterocycles. The highest BCUT2D eigenvalue weighted by Crippen LogP contribution is 2.35. The van der Waals surface area contributed by atoms with Crippen LogP contribution in [-0.2, 0) is 70.4 Å². The molecule has 608 valence electrons. The third-order valence-electron chi connectivity index (χ3n) is 20.6. The zero-order chi connectivity index (χ0) is 82.0. The van der Waals surface area contributed by atoms with Gasteiger partial charge in [-0.25, -0.2) is 18.0 Å². The van der Waals surface area contributed by atoms with Gasteiger partial charge in [0.2, 0.25) is 88.0 Å². The fraction of sp³-hybridized carbons (Fsp3) is 0.615. The summed E-state index contributed by atoms with van der Waals surface area (Å²) in [4.78, 5) is 158. The number of likely N-dealkylation sites (tertiary alicyclic amines) is 1. The number of carbonyl (C=O) groups excluding carboxylic acids is 11. The number of rotatable bonds is 41. The summed E-state index contributed by atoms with van der Waals surface area (Å²) in [5.41, 5.74) is 6.91. The number of methoxy groups -OCH3 is 2. The molecule has 0 bridgehead atoms. The van der Waals surface area contributed by atoms with Crippen LogP contribution in [0.4, 0.5) is 32.4 Å². The smallest absolute Gasteiger partial charge is 0.314 e. The van der Waals surface area contributed by atoms with Crippen molar-refractivity contribution in [3.05, 3.63) is 94.8 Å². The molecule has 110 heavy (non-hydrogen) atoms. The number of nitrogens with one attached hydrogen (secondary N) is 7. The van der Waals surface area contributed by atoms with E-state index in [9.17, 15) is 80.0 Å². The molecule has 5 rings (SSSR count). The normalized spacial score (nSPS) is 17.7. The summed E-state index contributed by atoms with van der Waals surface area (Å²) in [6.07, 6.45) is -0.407. The lowest BCUT2D eigenvalue weighted by molar-refractivity contribution is -0.148. The van der Waals surface area contributed by atoms with Crippen LogP contribution in [0.25, 0.3) is 0 Å². The number of likely N-dealkylation sites (N-methyl/N-ethyl adjacent to an activating group) is 2. The number of nitrogens with zero attached hydrogens (tertiary/aromatic N) is 5. The number of primary amides is 1. The first-order chi connectivity index (χ1) is 52.0. The van der Waals surface area contributed by atoms with E-state index in [4.69, 9.17) is 15.2 Å². The molecule has 0 aromatic heterocycles. The van der Waals surface area contributed by atoms with Crippen molar-refractivity contribution >= 4 is 70.9 Å². The topological polar surface area (TPSA) is 362 Å². The highest BCUT2D eigenvalue weighted by atomic mass is 19.2. The van der Waals surface area contributed by atoms with Crippen LogP contribution >= 0.6 is 0 Å². The largest absolute Gasteiger partial charge is 0.420 e. The summed E-state index contributed by atoms with van der Waals surface area (Å²) in [6, 6.07) is 10.1. The molecule has 3 aromatic rings. The molecule has 1 saturated heterocycles. The second kappa shape index (κ2) is 43.9. The Morgan fingerprint density at radius 1 is 0.664 bits per heavy atom. The molecular formula is C78H112F5N13O14.